The number of ether oxygens (including phenoxy) is 1. The predicted octanol–water partition coefficient (Wildman–Crippen LogP) is 3.55. The van der Waals surface area contributed by atoms with E-state index >= 15 is 0 Å². The summed E-state index contributed by atoms with van der Waals surface area (Å²) in [4.78, 5) is 15.2. The molecule has 126 valence electrons. The quantitative estimate of drug-likeness (QED) is 0.854. The molecule has 2 unspecified atom stereocenters. The first-order chi connectivity index (χ1) is 11.7. The van der Waals surface area contributed by atoms with E-state index in [0.29, 0.717) is 22.4 Å². The highest BCUT2D eigenvalue weighted by molar-refractivity contribution is 6.31. The molecule has 2 aliphatic rings. The van der Waals surface area contributed by atoms with E-state index < -0.39 is 0 Å². The standard InChI is InChI=1S/C18H20ClN3O2/c1-24-17-6-3-12(19)9-16(17)18(23)22-13-4-5-14(22)11-15(10-13)21-8-2-7-20-21/h2-3,6-9,13-15H,4-5,10-11H2,1H3. The molecule has 1 aromatic heterocycles. The zero-order valence-electron chi connectivity index (χ0n) is 13.6. The number of methoxy groups -OCH3 is 1. The van der Waals surface area contributed by atoms with Gasteiger partial charge in [0.15, 0.2) is 0 Å². The van der Waals surface area contributed by atoms with E-state index in [1.54, 1.807) is 25.3 Å². The van der Waals surface area contributed by atoms with Crippen molar-refractivity contribution in [3.63, 3.8) is 0 Å². The first-order valence-electron chi connectivity index (χ1n) is 8.32. The van der Waals surface area contributed by atoms with Gasteiger partial charge in [0, 0.05) is 29.5 Å². The minimum absolute atomic E-state index is 0.0285. The Morgan fingerprint density at radius 1 is 1.25 bits per heavy atom. The monoisotopic (exact) mass is 345 g/mol. The molecule has 0 aliphatic carbocycles. The van der Waals surface area contributed by atoms with E-state index in [4.69, 9.17) is 16.3 Å². The van der Waals surface area contributed by atoms with Crippen molar-refractivity contribution in [3.05, 3.63) is 47.2 Å². The smallest absolute Gasteiger partial charge is 0.258 e. The summed E-state index contributed by atoms with van der Waals surface area (Å²) < 4.78 is 7.40. The summed E-state index contributed by atoms with van der Waals surface area (Å²) in [6.07, 6.45) is 7.84. The summed E-state index contributed by atoms with van der Waals surface area (Å²) in [5, 5.41) is 4.93. The summed E-state index contributed by atoms with van der Waals surface area (Å²) >= 11 is 6.10. The van der Waals surface area contributed by atoms with Crippen molar-refractivity contribution in [1.29, 1.82) is 0 Å². The lowest BCUT2D eigenvalue weighted by molar-refractivity contribution is 0.0521. The van der Waals surface area contributed by atoms with Gasteiger partial charge in [-0.05, 0) is 49.9 Å². The summed E-state index contributed by atoms with van der Waals surface area (Å²) in [6.45, 7) is 0. The fraction of sp³-hybridized carbons (Fsp3) is 0.444. The van der Waals surface area contributed by atoms with Crippen molar-refractivity contribution in [2.24, 2.45) is 0 Å². The Kier molecular flexibility index (Phi) is 3.96. The second-order valence-electron chi connectivity index (χ2n) is 6.55. The predicted molar refractivity (Wildman–Crippen MR) is 91.5 cm³/mol. The second kappa shape index (κ2) is 6.13. The molecule has 2 aliphatic heterocycles. The number of piperidine rings is 1. The Balaban J connectivity index is 1.60. The molecule has 1 aromatic carbocycles. The number of carbonyl (C=O) groups is 1. The first-order valence-corrected chi connectivity index (χ1v) is 8.70. The van der Waals surface area contributed by atoms with Crippen LogP contribution in [0.2, 0.25) is 5.02 Å². The number of hydrogen-bond acceptors (Lipinski definition) is 3. The molecule has 4 rings (SSSR count). The van der Waals surface area contributed by atoms with Crippen molar-refractivity contribution in [1.82, 2.24) is 14.7 Å². The second-order valence-corrected chi connectivity index (χ2v) is 6.99. The van der Waals surface area contributed by atoms with Crippen LogP contribution in [0, 0.1) is 0 Å². The Morgan fingerprint density at radius 3 is 2.62 bits per heavy atom. The maximum Gasteiger partial charge on any atom is 0.258 e. The van der Waals surface area contributed by atoms with Crippen LogP contribution in [0.15, 0.2) is 36.7 Å². The Morgan fingerprint density at radius 2 is 2.00 bits per heavy atom. The van der Waals surface area contributed by atoms with Gasteiger partial charge in [-0.25, -0.2) is 0 Å². The maximum atomic E-state index is 13.2. The lowest BCUT2D eigenvalue weighted by Crippen LogP contribution is -2.47. The van der Waals surface area contributed by atoms with Crippen LogP contribution >= 0.6 is 11.6 Å². The molecule has 2 aromatic rings. The summed E-state index contributed by atoms with van der Waals surface area (Å²) in [6, 6.07) is 8.06. The van der Waals surface area contributed by atoms with Crippen molar-refractivity contribution < 1.29 is 9.53 Å². The average molecular weight is 346 g/mol. The topological polar surface area (TPSA) is 47.4 Å². The molecular weight excluding hydrogens is 326 g/mol. The number of nitrogens with zero attached hydrogens (tertiary/aromatic N) is 3. The van der Waals surface area contributed by atoms with E-state index in [9.17, 15) is 4.79 Å². The number of carbonyl (C=O) groups excluding carboxylic acids is 1. The number of hydrogen-bond donors (Lipinski definition) is 0. The zero-order valence-corrected chi connectivity index (χ0v) is 14.3. The Labute approximate surface area is 146 Å². The highest BCUT2D eigenvalue weighted by Crippen LogP contribution is 2.42. The maximum absolute atomic E-state index is 13.2. The summed E-state index contributed by atoms with van der Waals surface area (Å²) in [7, 11) is 1.58. The van der Waals surface area contributed by atoms with Gasteiger partial charge in [-0.3, -0.25) is 9.48 Å². The van der Waals surface area contributed by atoms with Crippen LogP contribution in [-0.4, -0.2) is 39.8 Å². The van der Waals surface area contributed by atoms with Crippen molar-refractivity contribution >= 4 is 17.5 Å². The van der Waals surface area contributed by atoms with Gasteiger partial charge >= 0.3 is 0 Å². The number of fused-ring (bicyclic) bond motifs is 2. The van der Waals surface area contributed by atoms with Crippen LogP contribution in [0.4, 0.5) is 0 Å². The van der Waals surface area contributed by atoms with Crippen LogP contribution in [-0.2, 0) is 0 Å². The van der Waals surface area contributed by atoms with Gasteiger partial charge in [0.25, 0.3) is 5.91 Å². The number of aromatic nitrogens is 2. The number of amides is 1. The largest absolute Gasteiger partial charge is 0.496 e. The Bertz CT molecular complexity index is 733. The molecular formula is C18H20ClN3O2. The number of rotatable bonds is 3. The van der Waals surface area contributed by atoms with Crippen LogP contribution in [0.3, 0.4) is 0 Å². The minimum atomic E-state index is 0.0285. The molecule has 0 radical (unpaired) electrons. The van der Waals surface area contributed by atoms with E-state index in [-0.39, 0.29) is 18.0 Å². The molecule has 2 saturated heterocycles. The van der Waals surface area contributed by atoms with Crippen molar-refractivity contribution in [3.8, 4) is 5.75 Å². The zero-order chi connectivity index (χ0) is 16.7. The number of benzene rings is 1. The van der Waals surface area contributed by atoms with Gasteiger partial charge in [0.1, 0.15) is 5.75 Å². The van der Waals surface area contributed by atoms with Gasteiger partial charge in [-0.1, -0.05) is 11.6 Å². The molecule has 5 nitrogen and oxygen atoms in total. The third-order valence-corrected chi connectivity index (χ3v) is 5.47. The molecule has 3 heterocycles. The van der Waals surface area contributed by atoms with Crippen LogP contribution < -0.4 is 4.74 Å². The van der Waals surface area contributed by atoms with Crippen LogP contribution in [0.5, 0.6) is 5.75 Å². The molecule has 0 saturated carbocycles. The van der Waals surface area contributed by atoms with Crippen LogP contribution in [0.25, 0.3) is 0 Å². The first kappa shape index (κ1) is 15.5. The average Bonchev–Trinajstić information content (AvgIpc) is 3.21. The SMILES string of the molecule is COc1ccc(Cl)cc1C(=O)N1C2CCC1CC(n1cccn1)C2. The molecule has 0 N–H and O–H groups in total. The van der Waals surface area contributed by atoms with E-state index in [0.717, 1.165) is 25.7 Å². The van der Waals surface area contributed by atoms with Gasteiger partial charge in [0.05, 0.1) is 18.7 Å². The van der Waals surface area contributed by atoms with Gasteiger partial charge in [-0.2, -0.15) is 5.10 Å². The summed E-state index contributed by atoms with van der Waals surface area (Å²) in [5.74, 6) is 0.610. The highest BCUT2D eigenvalue weighted by Gasteiger charge is 2.44. The molecule has 24 heavy (non-hydrogen) atoms. The lowest BCUT2D eigenvalue weighted by Gasteiger charge is -2.39. The number of halogens is 1. The van der Waals surface area contributed by atoms with Crippen molar-refractivity contribution in [2.45, 2.75) is 43.8 Å². The van der Waals surface area contributed by atoms with Gasteiger partial charge < -0.3 is 9.64 Å². The molecule has 6 heteroatoms. The van der Waals surface area contributed by atoms with Gasteiger partial charge in [0.2, 0.25) is 0 Å². The molecule has 1 amide bonds. The fourth-order valence-corrected chi connectivity index (χ4v) is 4.35. The van der Waals surface area contributed by atoms with Crippen molar-refractivity contribution in [2.75, 3.05) is 7.11 Å². The Hall–Kier alpha value is -2.01. The fourth-order valence-electron chi connectivity index (χ4n) is 4.18. The van der Waals surface area contributed by atoms with E-state index in [1.807, 2.05) is 28.0 Å². The minimum Gasteiger partial charge on any atom is -0.496 e. The third kappa shape index (κ3) is 2.57. The normalized spacial score (nSPS) is 25.8. The lowest BCUT2D eigenvalue weighted by atomic mass is 9.96. The van der Waals surface area contributed by atoms with E-state index in [1.165, 1.54) is 0 Å². The third-order valence-electron chi connectivity index (χ3n) is 5.23. The molecule has 2 bridgehead atoms. The highest BCUT2D eigenvalue weighted by atomic mass is 35.5. The molecule has 2 fully saturated rings. The van der Waals surface area contributed by atoms with Crippen LogP contribution in [0.1, 0.15) is 42.1 Å². The molecule has 0 spiro atoms. The van der Waals surface area contributed by atoms with E-state index in [2.05, 4.69) is 5.10 Å². The molecule has 2 atom stereocenters. The summed E-state index contributed by atoms with van der Waals surface area (Å²) in [5.41, 5.74) is 0.555. The van der Waals surface area contributed by atoms with Gasteiger partial charge in [-0.15, -0.1) is 0 Å².